The van der Waals surface area contributed by atoms with Gasteiger partial charge in [0.2, 0.25) is 0 Å². The predicted molar refractivity (Wildman–Crippen MR) is 267 cm³/mol. The van der Waals surface area contributed by atoms with Gasteiger partial charge in [-0.1, -0.05) is 0 Å². The van der Waals surface area contributed by atoms with Crippen LogP contribution in [0, 0.1) is 0 Å². The van der Waals surface area contributed by atoms with E-state index in [0.29, 0.717) is 0 Å². The van der Waals surface area contributed by atoms with Gasteiger partial charge in [0.05, 0.1) is 0 Å². The van der Waals surface area contributed by atoms with E-state index in [0.717, 1.165) is 0 Å². The fourth-order valence-electron chi connectivity index (χ4n) is 10.4. The molecule has 7 heteroatoms. The molecule has 3 nitrogen and oxygen atoms in total. The van der Waals surface area contributed by atoms with E-state index in [9.17, 15) is 0 Å². The van der Waals surface area contributed by atoms with Crippen LogP contribution in [0.25, 0.3) is 0 Å². The molecule has 0 aliphatic rings. The molecule has 0 amide bonds. The molecule has 0 fully saturated rings. The minimum atomic E-state index is -2.98. The third kappa shape index (κ3) is 13.1. The molecule has 0 N–H and O–H groups in total. The molecule has 0 saturated heterocycles. The Morgan fingerprint density at radius 3 is 0.491 bits per heavy atom. The normalized spacial score (nSPS) is 15.9. The SMILES string of the molecule is CCCCP(CCCC)(CCCC)(OB(OP(CCCC)(CCCC)(CCCC)C(C)(C)C)OP(CCCC)(CCCC)(CCCC)C(C)(C)C)C(C)(C)C. The summed E-state index contributed by atoms with van der Waals surface area (Å²) in [5, 5.41) is 0.0802. The Kier molecular flexibility index (Phi) is 24.6. The topological polar surface area (TPSA) is 27.7 Å². The van der Waals surface area contributed by atoms with Gasteiger partial charge in [-0.25, -0.2) is 0 Å². The zero-order valence-corrected chi connectivity index (χ0v) is 44.4. The first-order chi connectivity index (χ1) is 25.6. The van der Waals surface area contributed by atoms with Gasteiger partial charge >= 0.3 is 352 Å². The number of rotatable bonds is 33. The molecular formula is C48H108BO3P3. The molecular weight excluding hydrogens is 728 g/mol. The number of hydrogen-bond donors (Lipinski definition) is 0. The van der Waals surface area contributed by atoms with Crippen molar-refractivity contribution in [3.05, 3.63) is 0 Å². The van der Waals surface area contributed by atoms with Crippen molar-refractivity contribution in [2.75, 3.05) is 55.5 Å². The fourth-order valence-corrected chi connectivity index (χ4v) is 31.7. The quantitative estimate of drug-likeness (QED) is 0.0487. The van der Waals surface area contributed by atoms with Gasteiger partial charge in [-0.15, -0.1) is 0 Å². The molecule has 0 rings (SSSR count). The molecule has 0 radical (unpaired) electrons. The molecule has 0 aliphatic carbocycles. The zero-order chi connectivity index (χ0) is 42.6. The van der Waals surface area contributed by atoms with E-state index in [4.69, 9.17) is 13.3 Å². The fraction of sp³-hybridized carbons (Fsp3) is 1.00. The average Bonchev–Trinajstić information content (AvgIpc) is 3.12. The molecule has 0 aromatic heterocycles. The molecule has 0 aromatic rings. The number of hydrogen-bond acceptors (Lipinski definition) is 3. The summed E-state index contributed by atoms with van der Waals surface area (Å²) in [6.07, 6.45) is 32.7. The van der Waals surface area contributed by atoms with Gasteiger partial charge in [0.15, 0.2) is 0 Å². The Morgan fingerprint density at radius 1 is 0.273 bits per heavy atom. The molecule has 0 heterocycles. The van der Waals surface area contributed by atoms with Crippen LogP contribution in [0.5, 0.6) is 0 Å². The van der Waals surface area contributed by atoms with E-state index in [1.54, 1.807) is 0 Å². The second-order valence-corrected chi connectivity index (χ2v) is 40.1. The summed E-state index contributed by atoms with van der Waals surface area (Å²) in [5.41, 5.74) is 0. The summed E-state index contributed by atoms with van der Waals surface area (Å²) in [7, 11) is -0.604. The second kappa shape index (κ2) is 24.0. The van der Waals surface area contributed by atoms with Crippen LogP contribution in [0.3, 0.4) is 0 Å². The summed E-state index contributed by atoms with van der Waals surface area (Å²) in [6, 6.07) is 0. The molecule has 0 aliphatic heterocycles. The van der Waals surface area contributed by atoms with Gasteiger partial charge in [0.1, 0.15) is 0 Å². The summed E-state index contributed by atoms with van der Waals surface area (Å²) < 4.78 is 26.0. The maximum atomic E-state index is 8.68. The maximum absolute atomic E-state index is 8.68. The van der Waals surface area contributed by atoms with Crippen LogP contribution in [0.1, 0.15) is 240 Å². The third-order valence-corrected chi connectivity index (χ3v) is 40.0. The monoisotopic (exact) mass is 837 g/mol. The zero-order valence-electron chi connectivity index (χ0n) is 41.7. The minimum absolute atomic E-state index is 0.0267. The van der Waals surface area contributed by atoms with Crippen LogP contribution in [-0.4, -0.2) is 78.2 Å². The van der Waals surface area contributed by atoms with Crippen molar-refractivity contribution in [1.82, 2.24) is 0 Å². The van der Waals surface area contributed by atoms with E-state index in [1.807, 2.05) is 0 Å². The molecule has 336 valence electrons. The van der Waals surface area contributed by atoms with E-state index in [1.165, 1.54) is 171 Å². The Labute approximate surface area is 350 Å². The van der Waals surface area contributed by atoms with Crippen LogP contribution in [-0.2, 0) is 13.3 Å². The van der Waals surface area contributed by atoms with Gasteiger partial charge in [-0.05, 0) is 0 Å². The summed E-state index contributed by atoms with van der Waals surface area (Å²) >= 11 is 0. The first-order valence-electron chi connectivity index (χ1n) is 24.6. The summed E-state index contributed by atoms with van der Waals surface area (Å²) in [4.78, 5) is 0. The first-order valence-corrected chi connectivity index (χ1v) is 32.8. The molecule has 0 atom stereocenters. The standard InChI is InChI=1S/C48H108BO3P3/c1-19-28-37-53(38-29-20-2,39-30-21-3,46(10,11)12)50-49(51-54(40-31-22-4,41-32-23-5,42-33-24-6)47(13,14)15)52-55(43-34-25-7,44-35-26-8,45-36-27-9)48(16,17)18/h19-45H2,1-18H3. The number of unbranched alkanes of at least 4 members (excludes halogenated alkanes) is 9. The molecule has 0 bridgehead atoms. The van der Waals surface area contributed by atoms with E-state index >= 15 is 0 Å². The molecule has 0 saturated carbocycles. The van der Waals surface area contributed by atoms with Crippen molar-refractivity contribution < 1.29 is 13.3 Å². The molecule has 0 spiro atoms. The van der Waals surface area contributed by atoms with Crippen LogP contribution in [0.2, 0.25) is 0 Å². The van der Waals surface area contributed by atoms with Crippen molar-refractivity contribution in [3.63, 3.8) is 0 Å². The van der Waals surface area contributed by atoms with Crippen molar-refractivity contribution >= 4 is 27.8 Å². The summed E-state index contributed by atoms with van der Waals surface area (Å²) in [6.45, 7) is 35.8. The Bertz CT molecular complexity index is 825. The Hall–Kier alpha value is 1.23. The predicted octanol–water partition coefficient (Wildman–Crippen LogP) is 18.0. The van der Waals surface area contributed by atoms with Crippen LogP contribution < -0.4 is 0 Å². The van der Waals surface area contributed by atoms with Crippen molar-refractivity contribution in [2.24, 2.45) is 0 Å². The van der Waals surface area contributed by atoms with Crippen LogP contribution in [0.4, 0.5) is 0 Å². The van der Waals surface area contributed by atoms with Gasteiger partial charge in [0.25, 0.3) is 0 Å². The van der Waals surface area contributed by atoms with Gasteiger partial charge in [-0.3, -0.25) is 0 Å². The van der Waals surface area contributed by atoms with Gasteiger partial charge in [-0.2, -0.15) is 0 Å². The van der Waals surface area contributed by atoms with E-state index < -0.39 is 27.8 Å². The molecule has 0 unspecified atom stereocenters. The first kappa shape index (κ1) is 56.2. The third-order valence-electron chi connectivity index (χ3n) is 15.5. The summed E-state index contributed by atoms with van der Waals surface area (Å²) in [5.74, 6) is 0. The van der Waals surface area contributed by atoms with Crippen LogP contribution >= 0.6 is 20.5 Å². The van der Waals surface area contributed by atoms with E-state index in [2.05, 4.69) is 125 Å². The average molecular weight is 837 g/mol. The van der Waals surface area contributed by atoms with Crippen molar-refractivity contribution in [1.29, 1.82) is 0 Å². The van der Waals surface area contributed by atoms with Gasteiger partial charge < -0.3 is 0 Å². The van der Waals surface area contributed by atoms with Crippen molar-refractivity contribution in [2.45, 2.75) is 256 Å². The Morgan fingerprint density at radius 2 is 0.400 bits per heavy atom. The Balaban J connectivity index is 9.10. The second-order valence-electron chi connectivity index (χ2n) is 21.7. The van der Waals surface area contributed by atoms with Gasteiger partial charge in [0, 0.05) is 0 Å². The van der Waals surface area contributed by atoms with Crippen LogP contribution in [0.15, 0.2) is 0 Å². The van der Waals surface area contributed by atoms with E-state index in [-0.39, 0.29) is 15.5 Å². The van der Waals surface area contributed by atoms with Crippen molar-refractivity contribution in [3.8, 4) is 0 Å². The molecule has 0 aromatic carbocycles. The molecule has 55 heavy (non-hydrogen) atoms.